The van der Waals surface area contributed by atoms with E-state index in [4.69, 9.17) is 0 Å². The number of nitrogens with zero attached hydrogens (tertiary/aromatic N) is 3. The number of aromatic nitrogens is 1. The van der Waals surface area contributed by atoms with Crippen LogP contribution in [0.15, 0.2) is 42.6 Å². The molecule has 28 heavy (non-hydrogen) atoms. The van der Waals surface area contributed by atoms with Crippen molar-refractivity contribution >= 4 is 17.8 Å². The van der Waals surface area contributed by atoms with Crippen molar-refractivity contribution in [3.05, 3.63) is 59.5 Å². The van der Waals surface area contributed by atoms with E-state index < -0.39 is 17.6 Å². The van der Waals surface area contributed by atoms with Crippen molar-refractivity contribution in [1.82, 2.24) is 9.88 Å². The minimum absolute atomic E-state index is 0.103. The summed E-state index contributed by atoms with van der Waals surface area (Å²) in [6.07, 6.45) is 1.01. The maximum absolute atomic E-state index is 13.2. The Labute approximate surface area is 163 Å². The number of carbonyl (C=O) groups excluding carboxylic acids is 1. The first-order chi connectivity index (χ1) is 13.2. The highest BCUT2D eigenvalue weighted by molar-refractivity contribution is 5.97. The predicted octanol–water partition coefficient (Wildman–Crippen LogP) is 3.70. The zero-order chi connectivity index (χ0) is 20.5. The highest BCUT2D eigenvalue weighted by Gasteiger charge is 2.38. The molecule has 6 nitrogen and oxygen atoms in total. The van der Waals surface area contributed by atoms with Gasteiger partial charge in [0.25, 0.3) is 0 Å². The van der Waals surface area contributed by atoms with Gasteiger partial charge in [-0.25, -0.2) is 14.2 Å². The van der Waals surface area contributed by atoms with Crippen molar-refractivity contribution in [1.29, 1.82) is 0 Å². The van der Waals surface area contributed by atoms with Gasteiger partial charge in [-0.1, -0.05) is 18.2 Å². The molecule has 3 rings (SSSR count). The second-order valence-corrected chi connectivity index (χ2v) is 8.00. The number of hydrogen-bond acceptors (Lipinski definition) is 3. The lowest BCUT2D eigenvalue weighted by Crippen LogP contribution is -2.52. The van der Waals surface area contributed by atoms with Gasteiger partial charge in [0.2, 0.25) is 5.91 Å². The van der Waals surface area contributed by atoms with Gasteiger partial charge < -0.3 is 10.0 Å². The maximum atomic E-state index is 13.2. The summed E-state index contributed by atoms with van der Waals surface area (Å²) in [6.45, 7) is 5.77. The molecular weight excluding hydrogens is 361 g/mol. The van der Waals surface area contributed by atoms with Gasteiger partial charge in [-0.05, 0) is 56.5 Å². The molecule has 1 atom stereocenters. The smallest absolute Gasteiger partial charge is 0.407 e. The number of hydrogen-bond donors (Lipinski definition) is 1. The molecule has 0 saturated carbocycles. The van der Waals surface area contributed by atoms with Crippen LogP contribution in [0, 0.1) is 11.7 Å². The average Bonchev–Trinajstić information content (AvgIpc) is 2.63. The number of carboxylic acid groups (broad SMARTS) is 1. The molecule has 0 spiro atoms. The van der Waals surface area contributed by atoms with Crippen LogP contribution in [0.1, 0.15) is 31.9 Å². The van der Waals surface area contributed by atoms with Crippen molar-refractivity contribution in [3.63, 3.8) is 0 Å². The summed E-state index contributed by atoms with van der Waals surface area (Å²) < 4.78 is 13.2. The van der Waals surface area contributed by atoms with E-state index in [1.807, 2.05) is 6.07 Å². The van der Waals surface area contributed by atoms with Gasteiger partial charge in [0.15, 0.2) is 0 Å². The third kappa shape index (κ3) is 4.13. The topological polar surface area (TPSA) is 73.7 Å². The van der Waals surface area contributed by atoms with Gasteiger partial charge in [0.1, 0.15) is 11.6 Å². The van der Waals surface area contributed by atoms with E-state index in [2.05, 4.69) is 4.98 Å². The molecule has 1 aliphatic rings. The normalized spacial score (nSPS) is 16.6. The zero-order valence-corrected chi connectivity index (χ0v) is 16.2. The van der Waals surface area contributed by atoms with E-state index in [1.165, 1.54) is 17.0 Å². The van der Waals surface area contributed by atoms with Gasteiger partial charge >= 0.3 is 6.09 Å². The fourth-order valence-corrected chi connectivity index (χ4v) is 3.44. The molecule has 2 aromatic rings. The lowest BCUT2D eigenvalue weighted by atomic mass is 9.91. The minimum Gasteiger partial charge on any atom is -0.465 e. The summed E-state index contributed by atoms with van der Waals surface area (Å²) in [5.41, 5.74) is 1.05. The van der Waals surface area contributed by atoms with E-state index >= 15 is 0 Å². The lowest BCUT2D eigenvalue weighted by molar-refractivity contribution is -0.123. The van der Waals surface area contributed by atoms with Gasteiger partial charge in [0.05, 0.1) is 12.5 Å². The van der Waals surface area contributed by atoms with Gasteiger partial charge in [-0.15, -0.1) is 0 Å². The second-order valence-electron chi connectivity index (χ2n) is 8.00. The van der Waals surface area contributed by atoms with Crippen LogP contribution in [0.3, 0.4) is 0 Å². The third-order valence-corrected chi connectivity index (χ3v) is 4.90. The Morgan fingerprint density at radius 1 is 1.29 bits per heavy atom. The monoisotopic (exact) mass is 385 g/mol. The molecule has 148 valence electrons. The molecule has 2 amide bonds. The number of fused-ring (bicyclic) bond motifs is 1. The number of anilines is 1. The highest BCUT2D eigenvalue weighted by atomic mass is 19.1. The van der Waals surface area contributed by atoms with Gasteiger partial charge in [0, 0.05) is 18.3 Å². The number of rotatable bonds is 4. The van der Waals surface area contributed by atoms with Crippen LogP contribution in [0.25, 0.3) is 0 Å². The van der Waals surface area contributed by atoms with Crippen molar-refractivity contribution in [2.75, 3.05) is 11.4 Å². The van der Waals surface area contributed by atoms with Crippen LogP contribution in [0.2, 0.25) is 0 Å². The van der Waals surface area contributed by atoms with Crippen LogP contribution in [-0.2, 0) is 17.8 Å². The number of halogens is 1. The summed E-state index contributed by atoms with van der Waals surface area (Å²) in [6, 6.07) is 9.68. The molecule has 1 aliphatic heterocycles. The summed E-state index contributed by atoms with van der Waals surface area (Å²) in [4.78, 5) is 32.2. The van der Waals surface area contributed by atoms with Crippen molar-refractivity contribution in [2.45, 2.75) is 39.3 Å². The fourth-order valence-electron chi connectivity index (χ4n) is 3.44. The molecule has 2 heterocycles. The molecule has 0 bridgehead atoms. The van der Waals surface area contributed by atoms with Crippen LogP contribution in [0.5, 0.6) is 0 Å². The number of benzene rings is 1. The van der Waals surface area contributed by atoms with E-state index in [0.29, 0.717) is 12.2 Å². The standard InChI is InChI=1S/C21H24FN3O3/c1-21(2,3)25(20(27)28)13-16-11-15-5-4-10-23-18(15)24(19(16)26)12-14-6-8-17(22)9-7-14/h4-10,16H,11-13H2,1-3H3,(H,27,28). The lowest BCUT2D eigenvalue weighted by Gasteiger charge is -2.39. The van der Waals surface area contributed by atoms with Crippen LogP contribution in [-0.4, -0.2) is 39.1 Å². The summed E-state index contributed by atoms with van der Waals surface area (Å²) >= 11 is 0. The Balaban J connectivity index is 1.92. The summed E-state index contributed by atoms with van der Waals surface area (Å²) in [5.74, 6) is -0.448. The first-order valence-electron chi connectivity index (χ1n) is 9.17. The Kier molecular flexibility index (Phi) is 5.36. The minimum atomic E-state index is -1.05. The third-order valence-electron chi connectivity index (χ3n) is 4.90. The van der Waals surface area contributed by atoms with Crippen LogP contribution in [0.4, 0.5) is 15.0 Å². The number of amides is 2. The van der Waals surface area contributed by atoms with Crippen molar-refractivity contribution < 1.29 is 19.1 Å². The highest BCUT2D eigenvalue weighted by Crippen LogP contribution is 2.31. The molecule has 0 radical (unpaired) electrons. The molecule has 1 aromatic carbocycles. The largest absolute Gasteiger partial charge is 0.465 e. The molecule has 1 aromatic heterocycles. The average molecular weight is 385 g/mol. The molecule has 1 N–H and O–H groups in total. The SMILES string of the molecule is CC(C)(C)N(CC1Cc2cccnc2N(Cc2ccc(F)cc2)C1=O)C(=O)O. The Hall–Kier alpha value is -2.96. The summed E-state index contributed by atoms with van der Waals surface area (Å²) in [5, 5.41) is 9.60. The number of pyridine rings is 1. The molecule has 0 saturated heterocycles. The predicted molar refractivity (Wildman–Crippen MR) is 104 cm³/mol. The Bertz CT molecular complexity index is 877. The maximum Gasteiger partial charge on any atom is 0.407 e. The first kappa shape index (κ1) is 19.8. The van der Waals surface area contributed by atoms with Crippen molar-refractivity contribution in [2.24, 2.45) is 5.92 Å². The van der Waals surface area contributed by atoms with E-state index in [0.717, 1.165) is 11.1 Å². The van der Waals surface area contributed by atoms with E-state index in [-0.39, 0.29) is 24.8 Å². The first-order valence-corrected chi connectivity index (χ1v) is 9.17. The molecular formula is C21H24FN3O3. The number of carbonyl (C=O) groups is 2. The molecule has 7 heteroatoms. The van der Waals surface area contributed by atoms with E-state index in [9.17, 15) is 19.1 Å². The molecule has 0 aliphatic carbocycles. The Morgan fingerprint density at radius 3 is 2.57 bits per heavy atom. The quantitative estimate of drug-likeness (QED) is 0.871. The molecule has 0 fully saturated rings. The summed E-state index contributed by atoms with van der Waals surface area (Å²) in [7, 11) is 0. The second kappa shape index (κ2) is 7.58. The van der Waals surface area contributed by atoms with E-state index in [1.54, 1.807) is 50.1 Å². The zero-order valence-electron chi connectivity index (χ0n) is 16.2. The Morgan fingerprint density at radius 2 is 1.96 bits per heavy atom. The fraction of sp³-hybridized carbons (Fsp3) is 0.381. The van der Waals surface area contributed by atoms with Crippen molar-refractivity contribution in [3.8, 4) is 0 Å². The van der Waals surface area contributed by atoms with Gasteiger partial charge in [-0.3, -0.25) is 9.69 Å². The van der Waals surface area contributed by atoms with Gasteiger partial charge in [-0.2, -0.15) is 0 Å². The van der Waals surface area contributed by atoms with Crippen LogP contribution < -0.4 is 4.90 Å². The van der Waals surface area contributed by atoms with Crippen LogP contribution >= 0.6 is 0 Å². The molecule has 1 unspecified atom stereocenters.